The SMILES string of the molecule is Cc1[nH]c2ccccc2c1[C@@H](Nc1ccc(I)cc1)c1ccncc1. The number of benzene rings is 2. The van der Waals surface area contributed by atoms with E-state index in [4.69, 9.17) is 0 Å². The molecule has 2 aromatic heterocycles. The van der Waals surface area contributed by atoms with Crippen molar-refractivity contribution >= 4 is 39.2 Å². The molecule has 3 nitrogen and oxygen atoms in total. The van der Waals surface area contributed by atoms with Crippen molar-refractivity contribution in [2.45, 2.75) is 13.0 Å². The molecule has 1 atom stereocenters. The van der Waals surface area contributed by atoms with Crippen LogP contribution in [0.15, 0.2) is 73.1 Å². The van der Waals surface area contributed by atoms with Gasteiger partial charge in [0.1, 0.15) is 0 Å². The summed E-state index contributed by atoms with van der Waals surface area (Å²) in [5.74, 6) is 0. The Hall–Kier alpha value is -2.34. The normalized spacial score (nSPS) is 12.2. The number of anilines is 1. The van der Waals surface area contributed by atoms with Crippen LogP contribution in [0.4, 0.5) is 5.69 Å². The van der Waals surface area contributed by atoms with Gasteiger partial charge in [-0.25, -0.2) is 0 Å². The van der Waals surface area contributed by atoms with Gasteiger partial charge < -0.3 is 10.3 Å². The van der Waals surface area contributed by atoms with Crippen LogP contribution in [0.5, 0.6) is 0 Å². The molecule has 0 aliphatic carbocycles. The average Bonchev–Trinajstić information content (AvgIpc) is 2.98. The number of rotatable bonds is 4. The van der Waals surface area contributed by atoms with Crippen LogP contribution in [-0.2, 0) is 0 Å². The van der Waals surface area contributed by atoms with E-state index in [1.54, 1.807) is 0 Å². The number of fused-ring (bicyclic) bond motifs is 1. The van der Waals surface area contributed by atoms with E-state index in [1.807, 2.05) is 12.4 Å². The first-order valence-electron chi connectivity index (χ1n) is 8.21. The first-order chi connectivity index (χ1) is 12.2. The Morgan fingerprint density at radius 1 is 0.960 bits per heavy atom. The number of aromatic amines is 1. The number of para-hydroxylation sites is 1. The van der Waals surface area contributed by atoms with Crippen LogP contribution < -0.4 is 5.32 Å². The number of nitrogens with zero attached hydrogens (tertiary/aromatic N) is 1. The lowest BCUT2D eigenvalue weighted by Gasteiger charge is -2.21. The Morgan fingerprint density at radius 3 is 2.44 bits per heavy atom. The molecule has 25 heavy (non-hydrogen) atoms. The van der Waals surface area contributed by atoms with E-state index in [0.29, 0.717) is 0 Å². The number of pyridine rings is 1. The largest absolute Gasteiger partial charge is 0.374 e. The summed E-state index contributed by atoms with van der Waals surface area (Å²) >= 11 is 2.33. The zero-order valence-corrected chi connectivity index (χ0v) is 16.0. The van der Waals surface area contributed by atoms with E-state index in [0.717, 1.165) is 5.69 Å². The van der Waals surface area contributed by atoms with Crippen molar-refractivity contribution < 1.29 is 0 Å². The second-order valence-corrected chi connectivity index (χ2v) is 7.32. The summed E-state index contributed by atoms with van der Waals surface area (Å²) in [5.41, 5.74) is 5.92. The van der Waals surface area contributed by atoms with Crippen molar-refractivity contribution in [1.82, 2.24) is 9.97 Å². The summed E-state index contributed by atoms with van der Waals surface area (Å²) in [7, 11) is 0. The molecule has 2 N–H and O–H groups in total. The van der Waals surface area contributed by atoms with E-state index >= 15 is 0 Å². The standard InChI is InChI=1S/C21H18IN3/c1-14-20(18-4-2-3-5-19(18)24-14)21(15-10-12-23-13-11-15)25-17-8-6-16(22)7-9-17/h2-13,21,24-25H,1H3/t21-/m0/s1. The highest BCUT2D eigenvalue weighted by atomic mass is 127. The van der Waals surface area contributed by atoms with Crippen LogP contribution in [0.25, 0.3) is 10.9 Å². The van der Waals surface area contributed by atoms with Gasteiger partial charge in [0.25, 0.3) is 0 Å². The van der Waals surface area contributed by atoms with Crippen molar-refractivity contribution in [2.75, 3.05) is 5.32 Å². The van der Waals surface area contributed by atoms with Crippen molar-refractivity contribution in [1.29, 1.82) is 0 Å². The van der Waals surface area contributed by atoms with Crippen molar-refractivity contribution in [3.05, 3.63) is 93.4 Å². The predicted octanol–water partition coefficient (Wildman–Crippen LogP) is 5.68. The molecule has 0 radical (unpaired) electrons. The van der Waals surface area contributed by atoms with Crippen LogP contribution in [-0.4, -0.2) is 9.97 Å². The van der Waals surface area contributed by atoms with Crippen LogP contribution in [0.2, 0.25) is 0 Å². The third kappa shape index (κ3) is 3.26. The molecule has 0 bridgehead atoms. The summed E-state index contributed by atoms with van der Waals surface area (Å²) in [4.78, 5) is 7.69. The van der Waals surface area contributed by atoms with Crippen molar-refractivity contribution in [2.24, 2.45) is 0 Å². The van der Waals surface area contributed by atoms with Gasteiger partial charge in [-0.3, -0.25) is 4.98 Å². The molecule has 0 aliphatic heterocycles. The summed E-state index contributed by atoms with van der Waals surface area (Å²) in [6.45, 7) is 2.14. The van der Waals surface area contributed by atoms with Gasteiger partial charge in [-0.05, 0) is 77.5 Å². The van der Waals surface area contributed by atoms with Crippen LogP contribution in [0, 0.1) is 10.5 Å². The van der Waals surface area contributed by atoms with E-state index in [1.165, 1.54) is 31.3 Å². The van der Waals surface area contributed by atoms with Gasteiger partial charge in [0, 0.05) is 43.8 Å². The molecule has 0 fully saturated rings. The molecule has 0 aliphatic rings. The van der Waals surface area contributed by atoms with E-state index in [-0.39, 0.29) is 6.04 Å². The maximum absolute atomic E-state index is 4.18. The lowest BCUT2D eigenvalue weighted by atomic mass is 9.96. The topological polar surface area (TPSA) is 40.7 Å². The maximum atomic E-state index is 4.18. The molecule has 2 aromatic carbocycles. The fraction of sp³-hybridized carbons (Fsp3) is 0.0952. The number of hydrogen-bond donors (Lipinski definition) is 2. The number of halogens is 1. The first-order valence-corrected chi connectivity index (χ1v) is 9.29. The predicted molar refractivity (Wildman–Crippen MR) is 112 cm³/mol. The molecule has 2 heterocycles. The van der Waals surface area contributed by atoms with Crippen LogP contribution >= 0.6 is 22.6 Å². The van der Waals surface area contributed by atoms with Crippen molar-refractivity contribution in [3.63, 3.8) is 0 Å². The lowest BCUT2D eigenvalue weighted by molar-refractivity contribution is 0.928. The van der Waals surface area contributed by atoms with E-state index in [9.17, 15) is 0 Å². The summed E-state index contributed by atoms with van der Waals surface area (Å²) < 4.78 is 1.23. The number of H-pyrrole nitrogens is 1. The number of aromatic nitrogens is 2. The van der Waals surface area contributed by atoms with Gasteiger partial charge in [-0.1, -0.05) is 18.2 Å². The monoisotopic (exact) mass is 439 g/mol. The molecule has 0 saturated carbocycles. The Balaban J connectivity index is 1.85. The second-order valence-electron chi connectivity index (χ2n) is 6.07. The van der Waals surface area contributed by atoms with E-state index < -0.39 is 0 Å². The van der Waals surface area contributed by atoms with Crippen LogP contribution in [0.1, 0.15) is 22.9 Å². The van der Waals surface area contributed by atoms with Gasteiger partial charge >= 0.3 is 0 Å². The minimum absolute atomic E-state index is 0.0548. The Bertz CT molecular complexity index is 991. The summed E-state index contributed by atoms with van der Waals surface area (Å²) in [5, 5.41) is 4.96. The average molecular weight is 439 g/mol. The second kappa shape index (κ2) is 6.88. The molecule has 4 rings (SSSR count). The first kappa shape index (κ1) is 16.1. The molecule has 0 amide bonds. The fourth-order valence-corrected chi connectivity index (χ4v) is 3.62. The molecular formula is C21H18IN3. The smallest absolute Gasteiger partial charge is 0.0791 e. The van der Waals surface area contributed by atoms with Gasteiger partial charge in [0.05, 0.1) is 6.04 Å². The lowest BCUT2D eigenvalue weighted by Crippen LogP contribution is -2.13. The highest BCUT2D eigenvalue weighted by Crippen LogP contribution is 2.34. The zero-order chi connectivity index (χ0) is 17.2. The summed E-state index contributed by atoms with van der Waals surface area (Å²) in [6, 6.07) is 21.2. The third-order valence-electron chi connectivity index (χ3n) is 4.43. The molecule has 0 spiro atoms. The molecule has 0 unspecified atom stereocenters. The number of hydrogen-bond acceptors (Lipinski definition) is 2. The fourth-order valence-electron chi connectivity index (χ4n) is 3.26. The summed E-state index contributed by atoms with van der Waals surface area (Å²) in [6.07, 6.45) is 3.70. The third-order valence-corrected chi connectivity index (χ3v) is 5.15. The minimum Gasteiger partial charge on any atom is -0.374 e. The highest BCUT2D eigenvalue weighted by molar-refractivity contribution is 14.1. The van der Waals surface area contributed by atoms with Crippen LogP contribution in [0.3, 0.4) is 0 Å². The Kier molecular flexibility index (Phi) is 4.44. The molecular weight excluding hydrogens is 421 g/mol. The Labute approximate surface area is 160 Å². The zero-order valence-electron chi connectivity index (χ0n) is 13.8. The number of nitrogens with one attached hydrogen (secondary N) is 2. The van der Waals surface area contributed by atoms with Gasteiger partial charge in [0.15, 0.2) is 0 Å². The van der Waals surface area contributed by atoms with E-state index in [2.05, 4.69) is 105 Å². The number of aryl methyl sites for hydroxylation is 1. The highest BCUT2D eigenvalue weighted by Gasteiger charge is 2.20. The molecule has 124 valence electrons. The minimum atomic E-state index is 0.0548. The maximum Gasteiger partial charge on any atom is 0.0791 e. The van der Waals surface area contributed by atoms with Crippen molar-refractivity contribution in [3.8, 4) is 0 Å². The molecule has 4 aromatic rings. The molecule has 0 saturated heterocycles. The Morgan fingerprint density at radius 2 is 1.68 bits per heavy atom. The van der Waals surface area contributed by atoms with Gasteiger partial charge in [-0.15, -0.1) is 0 Å². The van der Waals surface area contributed by atoms with Gasteiger partial charge in [-0.2, -0.15) is 0 Å². The van der Waals surface area contributed by atoms with Gasteiger partial charge in [0.2, 0.25) is 0 Å². The molecule has 4 heteroatoms. The quantitative estimate of drug-likeness (QED) is 0.402.